The molecule has 3 N–H and O–H groups in total. The van der Waals surface area contributed by atoms with Crippen molar-refractivity contribution in [2.45, 2.75) is 375 Å². The van der Waals surface area contributed by atoms with Gasteiger partial charge < -0.3 is 33.8 Å². The summed E-state index contributed by atoms with van der Waals surface area (Å²) in [7, 11) is -9.90. The minimum absolute atomic E-state index is 0.102. The van der Waals surface area contributed by atoms with Crippen molar-refractivity contribution in [1.29, 1.82) is 0 Å². The predicted octanol–water partition coefficient (Wildman–Crippen LogP) is 20.5. The van der Waals surface area contributed by atoms with Gasteiger partial charge in [-0.25, -0.2) is 9.13 Å². The molecule has 0 fully saturated rings. The number of phosphoric acid groups is 2. The van der Waals surface area contributed by atoms with Gasteiger partial charge in [-0.05, 0) is 49.4 Å². The number of aliphatic hydroxyl groups is 1. The van der Waals surface area contributed by atoms with Crippen LogP contribution in [0.15, 0.2) is 0 Å². The van der Waals surface area contributed by atoms with Gasteiger partial charge in [0.25, 0.3) is 0 Å². The number of hydrogen-bond acceptors (Lipinski definition) is 15. The smallest absolute Gasteiger partial charge is 0.462 e. The van der Waals surface area contributed by atoms with E-state index in [1.54, 1.807) is 0 Å². The number of carbonyl (C=O) groups is 4. The molecule has 19 heteroatoms. The molecule has 540 valence electrons. The average molecular weight is 1340 g/mol. The summed E-state index contributed by atoms with van der Waals surface area (Å²) in [6.45, 7) is 14.1. The lowest BCUT2D eigenvalue weighted by Crippen LogP contribution is -2.30. The van der Waals surface area contributed by atoms with Gasteiger partial charge in [0.15, 0.2) is 12.2 Å². The molecule has 0 rings (SSSR count). The van der Waals surface area contributed by atoms with Gasteiger partial charge in [0.05, 0.1) is 26.4 Å². The number of unbranched alkanes of at least 4 members (excludes halogenated alkanes) is 34. The summed E-state index contributed by atoms with van der Waals surface area (Å²) in [5.41, 5.74) is 0. The van der Waals surface area contributed by atoms with E-state index in [1.165, 1.54) is 154 Å². The lowest BCUT2D eigenvalue weighted by molar-refractivity contribution is -0.161. The third-order valence-corrected chi connectivity index (χ3v) is 18.8. The van der Waals surface area contributed by atoms with Gasteiger partial charge in [-0.15, -0.1) is 0 Å². The normalized spacial score (nSPS) is 14.5. The summed E-state index contributed by atoms with van der Waals surface area (Å²) in [5, 5.41) is 10.6. The molecule has 17 nitrogen and oxygen atoms in total. The van der Waals surface area contributed by atoms with Crippen LogP contribution in [-0.2, 0) is 65.4 Å². The van der Waals surface area contributed by atoms with Gasteiger partial charge in [0.1, 0.15) is 19.3 Å². The van der Waals surface area contributed by atoms with Crippen molar-refractivity contribution < 1.29 is 80.2 Å². The first kappa shape index (κ1) is 89.1. The lowest BCUT2D eigenvalue weighted by atomic mass is 10.00. The molecule has 0 amide bonds. The summed E-state index contributed by atoms with van der Waals surface area (Å²) < 4.78 is 68.3. The molecule has 0 spiro atoms. The maximum Gasteiger partial charge on any atom is 0.472 e. The third-order valence-electron chi connectivity index (χ3n) is 16.9. The second kappa shape index (κ2) is 61.6. The molecular weight excluding hydrogens is 1200 g/mol. The second-order valence-electron chi connectivity index (χ2n) is 27.6. The molecule has 3 unspecified atom stereocenters. The number of phosphoric ester groups is 2. The topological polar surface area (TPSA) is 237 Å². The molecule has 6 atom stereocenters. The second-order valence-corrected chi connectivity index (χ2v) is 30.6. The zero-order chi connectivity index (χ0) is 67.5. The molecule has 0 aliphatic carbocycles. The molecule has 0 aliphatic rings. The average Bonchev–Trinajstić information content (AvgIpc) is 3.72. The Hall–Kier alpha value is -1.94. The third kappa shape index (κ3) is 65.1. The highest BCUT2D eigenvalue weighted by atomic mass is 31.2. The highest BCUT2D eigenvalue weighted by Crippen LogP contribution is 2.45. The van der Waals surface area contributed by atoms with Gasteiger partial charge in [0.2, 0.25) is 0 Å². The van der Waals surface area contributed by atoms with Crippen molar-refractivity contribution in [1.82, 2.24) is 0 Å². The van der Waals surface area contributed by atoms with E-state index >= 15 is 0 Å². The van der Waals surface area contributed by atoms with Crippen LogP contribution in [0.1, 0.15) is 357 Å². The Morgan fingerprint density at radius 2 is 0.527 bits per heavy atom. The van der Waals surface area contributed by atoms with Crippen molar-refractivity contribution in [3.63, 3.8) is 0 Å². The number of hydrogen-bond donors (Lipinski definition) is 3. The van der Waals surface area contributed by atoms with Crippen molar-refractivity contribution in [3.8, 4) is 0 Å². The van der Waals surface area contributed by atoms with Crippen LogP contribution in [0.4, 0.5) is 0 Å². The minimum Gasteiger partial charge on any atom is -0.462 e. The van der Waals surface area contributed by atoms with Gasteiger partial charge in [0, 0.05) is 25.7 Å². The maximum absolute atomic E-state index is 13.0. The van der Waals surface area contributed by atoms with Gasteiger partial charge in [-0.3, -0.25) is 37.3 Å². The summed E-state index contributed by atoms with van der Waals surface area (Å²) in [6.07, 6.45) is 44.7. The Labute approximate surface area is 556 Å². The fourth-order valence-corrected chi connectivity index (χ4v) is 12.4. The molecule has 0 aromatic heterocycles. The molecule has 0 radical (unpaired) electrons. The Balaban J connectivity index is 5.19. The van der Waals surface area contributed by atoms with E-state index in [1.807, 2.05) is 0 Å². The summed E-state index contributed by atoms with van der Waals surface area (Å²) in [5.74, 6) is 0.845. The van der Waals surface area contributed by atoms with Crippen molar-refractivity contribution in [2.24, 2.45) is 23.7 Å². The molecule has 0 saturated carbocycles. The summed E-state index contributed by atoms with van der Waals surface area (Å²) >= 11 is 0. The number of carbonyl (C=O) groups excluding carboxylic acids is 4. The van der Waals surface area contributed by atoms with Crippen LogP contribution in [-0.4, -0.2) is 96.7 Å². The molecule has 0 bridgehead atoms. The van der Waals surface area contributed by atoms with Gasteiger partial charge in [-0.2, -0.15) is 0 Å². The van der Waals surface area contributed by atoms with Crippen LogP contribution in [0.5, 0.6) is 0 Å². The minimum atomic E-state index is -4.95. The van der Waals surface area contributed by atoms with E-state index in [-0.39, 0.29) is 25.7 Å². The molecule has 0 aliphatic heterocycles. The van der Waals surface area contributed by atoms with Gasteiger partial charge >= 0.3 is 39.5 Å². The maximum atomic E-state index is 13.0. The largest absolute Gasteiger partial charge is 0.472 e. The fourth-order valence-electron chi connectivity index (χ4n) is 10.8. The Bertz CT molecular complexity index is 1800. The Morgan fingerprint density at radius 1 is 0.308 bits per heavy atom. The standard InChI is InChI=1S/C72H140O17P2/c1-9-65(8)51-43-35-29-31-37-45-53-70(75)83-59-67(88-71(76)54-46-38-27-23-19-15-14-17-21-25-33-41-49-63(4)5)60-86-90(78,79)84-56-66(73)57-85-91(80,81)87-61-68(89-72(77)55-47-39-30-28-34-42-50-64(6)7)58-82-69(74)52-44-36-26-22-18-13-11-10-12-16-20-24-32-40-48-62(2)3/h62-68,73H,9-61H2,1-8H3,(H,78,79)(H,80,81)/t65?,66-,67+,68+/m0/s1. The van der Waals surface area contributed by atoms with E-state index in [4.69, 9.17) is 37.0 Å². The van der Waals surface area contributed by atoms with E-state index in [0.717, 1.165) is 114 Å². The first-order valence-corrected chi connectivity index (χ1v) is 40.2. The first-order chi connectivity index (χ1) is 43.6. The van der Waals surface area contributed by atoms with Crippen LogP contribution in [0, 0.1) is 23.7 Å². The zero-order valence-corrected chi connectivity index (χ0v) is 61.3. The highest BCUT2D eigenvalue weighted by Gasteiger charge is 2.30. The highest BCUT2D eigenvalue weighted by molar-refractivity contribution is 7.47. The van der Waals surface area contributed by atoms with E-state index < -0.39 is 97.5 Å². The molecular formula is C72H140O17P2. The van der Waals surface area contributed by atoms with Crippen LogP contribution < -0.4 is 0 Å². The zero-order valence-electron chi connectivity index (χ0n) is 59.5. The summed E-state index contributed by atoms with van der Waals surface area (Å²) in [4.78, 5) is 72.6. The van der Waals surface area contributed by atoms with Crippen LogP contribution in [0.25, 0.3) is 0 Å². The number of ether oxygens (including phenoxy) is 4. The van der Waals surface area contributed by atoms with Crippen LogP contribution in [0.3, 0.4) is 0 Å². The molecule has 91 heavy (non-hydrogen) atoms. The fraction of sp³-hybridized carbons (Fsp3) is 0.944. The van der Waals surface area contributed by atoms with E-state index in [0.29, 0.717) is 31.6 Å². The molecule has 0 aromatic carbocycles. The van der Waals surface area contributed by atoms with E-state index in [9.17, 15) is 43.2 Å². The number of esters is 4. The van der Waals surface area contributed by atoms with Crippen molar-refractivity contribution in [3.05, 3.63) is 0 Å². The Kier molecular flexibility index (Phi) is 60.3. The predicted molar refractivity (Wildman–Crippen MR) is 367 cm³/mol. The van der Waals surface area contributed by atoms with Crippen molar-refractivity contribution >= 4 is 39.5 Å². The van der Waals surface area contributed by atoms with Crippen LogP contribution in [0.2, 0.25) is 0 Å². The summed E-state index contributed by atoms with van der Waals surface area (Å²) in [6, 6.07) is 0. The van der Waals surface area contributed by atoms with Gasteiger partial charge in [-0.1, -0.05) is 306 Å². The molecule has 0 heterocycles. The SMILES string of the molecule is CCC(C)CCCCCCCCC(=O)OC[C@H](COP(=O)(O)OC[C@H](O)COP(=O)(O)OC[C@@H](COC(=O)CCCCCCCCCCCCCCCCC(C)C)OC(=O)CCCCCCCCC(C)C)OC(=O)CCCCCCCCCCCCCCC(C)C. The monoisotopic (exact) mass is 1340 g/mol. The molecule has 0 aromatic rings. The number of aliphatic hydroxyl groups excluding tert-OH is 1. The van der Waals surface area contributed by atoms with E-state index in [2.05, 4.69) is 55.4 Å². The van der Waals surface area contributed by atoms with Crippen LogP contribution >= 0.6 is 15.6 Å². The molecule has 0 saturated heterocycles. The van der Waals surface area contributed by atoms with Crippen molar-refractivity contribution in [2.75, 3.05) is 39.6 Å². The number of rotatable bonds is 69. The Morgan fingerprint density at radius 3 is 0.780 bits per heavy atom. The first-order valence-electron chi connectivity index (χ1n) is 37.2. The quantitative estimate of drug-likeness (QED) is 0.0222. The lowest BCUT2D eigenvalue weighted by Gasteiger charge is -2.21.